The van der Waals surface area contributed by atoms with Crippen molar-refractivity contribution in [3.8, 4) is 5.88 Å². The Balaban J connectivity index is 2.52. The van der Waals surface area contributed by atoms with Gasteiger partial charge in [0.15, 0.2) is 18.0 Å². The van der Waals surface area contributed by atoms with Crippen LogP contribution in [-0.4, -0.2) is 45.4 Å². The Hall–Kier alpha value is -1.67. The van der Waals surface area contributed by atoms with Crippen LogP contribution < -0.4 is 4.74 Å². The van der Waals surface area contributed by atoms with E-state index in [4.69, 9.17) is 4.18 Å². The Morgan fingerprint density at radius 2 is 2.00 bits per heavy atom. The van der Waals surface area contributed by atoms with Crippen molar-refractivity contribution in [2.24, 2.45) is 12.2 Å². The van der Waals surface area contributed by atoms with Gasteiger partial charge in [0.05, 0.1) is 18.4 Å². The van der Waals surface area contributed by atoms with Crippen molar-refractivity contribution < 1.29 is 44.7 Å². The molecule has 1 aromatic heterocycles. The normalized spacial score (nSPS) is 24.2. The summed E-state index contributed by atoms with van der Waals surface area (Å²) in [6, 6.07) is 0. The molecule has 0 fully saturated rings. The first-order valence-corrected chi connectivity index (χ1v) is 8.64. The van der Waals surface area contributed by atoms with Gasteiger partial charge in [-0.05, 0) is 6.92 Å². The van der Waals surface area contributed by atoms with Gasteiger partial charge in [0.1, 0.15) is 0 Å². The van der Waals surface area contributed by atoms with Gasteiger partial charge < -0.3 is 9.57 Å². The van der Waals surface area contributed by atoms with Crippen LogP contribution in [0.4, 0.5) is 26.3 Å². The van der Waals surface area contributed by atoms with Crippen LogP contribution in [0.5, 0.6) is 5.88 Å². The summed E-state index contributed by atoms with van der Waals surface area (Å²) in [6.07, 6.45) is -8.08. The lowest BCUT2D eigenvalue weighted by atomic mass is 10.2. The Kier molecular flexibility index (Phi) is 5.68. The van der Waals surface area contributed by atoms with E-state index in [1.807, 2.05) is 0 Å². The summed E-state index contributed by atoms with van der Waals surface area (Å²) in [4.78, 5) is 4.66. The summed E-state index contributed by atoms with van der Waals surface area (Å²) < 4.78 is 98.9. The zero-order chi connectivity index (χ0) is 19.9. The molecule has 3 unspecified atom stereocenters. The Bertz CT molecular complexity index is 697. The van der Waals surface area contributed by atoms with Crippen LogP contribution in [0.25, 0.3) is 0 Å². The summed E-state index contributed by atoms with van der Waals surface area (Å²) in [5.41, 5.74) is -2.48. The number of hydrogen-bond acceptors (Lipinski definition) is 6. The van der Waals surface area contributed by atoms with E-state index in [1.54, 1.807) is 0 Å². The molecule has 1 N–H and O–H groups in total. The molecule has 1 aromatic rings. The molecule has 0 amide bonds. The van der Waals surface area contributed by atoms with Crippen LogP contribution >= 0.6 is 10.6 Å². The molecule has 26 heavy (non-hydrogen) atoms. The third kappa shape index (κ3) is 3.86. The monoisotopic (exact) mass is 411 g/mol. The van der Waals surface area contributed by atoms with Gasteiger partial charge in [-0.15, -0.1) is 10.6 Å². The van der Waals surface area contributed by atoms with Crippen LogP contribution in [0.1, 0.15) is 18.2 Å². The van der Waals surface area contributed by atoms with Crippen molar-refractivity contribution in [2.75, 3.05) is 7.11 Å². The summed E-state index contributed by atoms with van der Waals surface area (Å²) in [7, 11) is -1.87. The topological polar surface area (TPSA) is 78.1 Å². The number of aromatic nitrogens is 2. The van der Waals surface area contributed by atoms with E-state index in [0.29, 0.717) is 4.68 Å². The van der Waals surface area contributed by atoms with Gasteiger partial charge in [-0.2, -0.15) is 27.1 Å². The lowest BCUT2D eigenvalue weighted by molar-refractivity contribution is -0.142. The quantitative estimate of drug-likeness (QED) is 0.751. The summed E-state index contributed by atoms with van der Waals surface area (Å²) >= 11 is 0. The summed E-state index contributed by atoms with van der Waals surface area (Å²) in [5, 5.41) is 5.82. The SMILES string of the molecule is COS(O)(Cc1c(C(F)(F)F)nn(C)c1OC(F)F)C1=NOC(C)C1F. The molecule has 1 aliphatic heterocycles. The van der Waals surface area contributed by atoms with Crippen molar-refractivity contribution in [3.05, 3.63) is 11.3 Å². The van der Waals surface area contributed by atoms with Gasteiger partial charge in [0.25, 0.3) is 0 Å². The molecular weight excluding hydrogens is 396 g/mol. The maximum atomic E-state index is 14.1. The molecule has 1 aliphatic rings. The molecule has 0 aliphatic carbocycles. The van der Waals surface area contributed by atoms with Crippen LogP contribution in [0.3, 0.4) is 0 Å². The van der Waals surface area contributed by atoms with Gasteiger partial charge in [0.2, 0.25) is 10.9 Å². The van der Waals surface area contributed by atoms with Gasteiger partial charge in [-0.3, -0.25) is 8.74 Å². The maximum absolute atomic E-state index is 14.1. The molecule has 0 saturated heterocycles. The number of halogens is 6. The summed E-state index contributed by atoms with van der Waals surface area (Å²) in [6.45, 7) is -2.16. The van der Waals surface area contributed by atoms with Crippen LogP contribution in [0.2, 0.25) is 0 Å². The van der Waals surface area contributed by atoms with E-state index in [0.717, 1.165) is 14.2 Å². The molecule has 0 bridgehead atoms. The molecule has 14 heteroatoms. The average Bonchev–Trinajstić information content (AvgIpc) is 3.01. The number of aryl methyl sites for hydroxylation is 1. The van der Waals surface area contributed by atoms with E-state index in [2.05, 4.69) is 19.8 Å². The second-order valence-electron chi connectivity index (χ2n) is 5.23. The van der Waals surface area contributed by atoms with E-state index >= 15 is 0 Å². The van der Waals surface area contributed by atoms with Crippen LogP contribution in [-0.2, 0) is 28.0 Å². The standard InChI is InChI=1S/C12H15F6N3O4S/c1-5-7(13)9(20-25-5)26(22,23-3)4-6-8(12(16,17)18)19-21(2)10(6)24-11(14)15/h5,7,11,22H,4H2,1-3H3. The average molecular weight is 411 g/mol. The second kappa shape index (κ2) is 7.15. The number of ether oxygens (including phenoxy) is 1. The first kappa shape index (κ1) is 20.6. The number of alkyl halides is 6. The number of nitrogens with zero attached hydrogens (tertiary/aromatic N) is 3. The van der Waals surface area contributed by atoms with Gasteiger partial charge in [0, 0.05) is 7.05 Å². The minimum absolute atomic E-state index is 0.447. The fraction of sp³-hybridized carbons (Fsp3) is 0.667. The third-order valence-electron chi connectivity index (χ3n) is 3.46. The molecule has 0 saturated carbocycles. The Labute approximate surface area is 145 Å². The van der Waals surface area contributed by atoms with Crippen molar-refractivity contribution in [1.29, 1.82) is 0 Å². The highest BCUT2D eigenvalue weighted by Crippen LogP contribution is 2.55. The number of rotatable bonds is 5. The van der Waals surface area contributed by atoms with Crippen molar-refractivity contribution in [3.63, 3.8) is 0 Å². The molecule has 2 heterocycles. The first-order valence-electron chi connectivity index (χ1n) is 6.95. The predicted molar refractivity (Wildman–Crippen MR) is 78.7 cm³/mol. The van der Waals surface area contributed by atoms with Crippen LogP contribution in [0.15, 0.2) is 5.16 Å². The molecule has 7 nitrogen and oxygen atoms in total. The lowest BCUT2D eigenvalue weighted by Crippen LogP contribution is -2.28. The molecule has 150 valence electrons. The highest BCUT2D eigenvalue weighted by atomic mass is 32.3. The fourth-order valence-corrected chi connectivity index (χ4v) is 4.02. The first-order chi connectivity index (χ1) is 11.9. The zero-order valence-corrected chi connectivity index (χ0v) is 14.4. The second-order valence-corrected chi connectivity index (χ2v) is 7.55. The van der Waals surface area contributed by atoms with Crippen LogP contribution in [0, 0.1) is 0 Å². The molecule has 2 rings (SSSR count). The molecular formula is C12H15F6N3O4S. The molecule has 0 spiro atoms. The van der Waals surface area contributed by atoms with E-state index in [-0.39, 0.29) is 0 Å². The van der Waals surface area contributed by atoms with Crippen molar-refractivity contribution in [2.45, 2.75) is 37.7 Å². The predicted octanol–water partition coefficient (Wildman–Crippen LogP) is 3.45. The van der Waals surface area contributed by atoms with Crippen molar-refractivity contribution >= 4 is 15.6 Å². The third-order valence-corrected chi connectivity index (χ3v) is 5.64. The smallest absolute Gasteiger partial charge is 0.417 e. The van der Waals surface area contributed by atoms with Gasteiger partial charge in [-0.1, -0.05) is 5.16 Å². The molecule has 3 atom stereocenters. The van der Waals surface area contributed by atoms with Gasteiger partial charge in [-0.25, -0.2) is 9.07 Å². The van der Waals surface area contributed by atoms with Gasteiger partial charge >= 0.3 is 12.8 Å². The van der Waals surface area contributed by atoms with Crippen molar-refractivity contribution in [1.82, 2.24) is 9.78 Å². The number of hydrogen-bond donors (Lipinski definition) is 1. The summed E-state index contributed by atoms with van der Waals surface area (Å²) in [5.74, 6) is -1.96. The molecule has 0 radical (unpaired) electrons. The highest BCUT2D eigenvalue weighted by molar-refractivity contribution is 8.37. The highest BCUT2D eigenvalue weighted by Gasteiger charge is 2.45. The largest absolute Gasteiger partial charge is 0.435 e. The minimum Gasteiger partial charge on any atom is -0.417 e. The Morgan fingerprint density at radius 1 is 1.38 bits per heavy atom. The van der Waals surface area contributed by atoms with E-state index < -0.39 is 63.6 Å². The fourth-order valence-electron chi connectivity index (χ4n) is 2.23. The lowest BCUT2D eigenvalue weighted by Gasteiger charge is -2.36. The molecule has 0 aromatic carbocycles. The maximum Gasteiger partial charge on any atom is 0.435 e. The Morgan fingerprint density at radius 3 is 2.42 bits per heavy atom. The van der Waals surface area contributed by atoms with E-state index in [9.17, 15) is 30.9 Å². The van der Waals surface area contributed by atoms with E-state index in [1.165, 1.54) is 6.92 Å². The number of oxime groups is 1. The minimum atomic E-state index is -5.04. The zero-order valence-electron chi connectivity index (χ0n) is 13.6.